The molecule has 0 aromatic rings. The average Bonchev–Trinajstić information content (AvgIpc) is 2.63. The number of rotatable bonds is 9. The van der Waals surface area contributed by atoms with Gasteiger partial charge in [0.05, 0.1) is 6.42 Å². The van der Waals surface area contributed by atoms with Crippen molar-refractivity contribution in [3.8, 4) is 0 Å². The zero-order valence-electron chi connectivity index (χ0n) is 17.9. The van der Waals surface area contributed by atoms with E-state index in [1.165, 1.54) is 6.92 Å². The lowest BCUT2D eigenvalue weighted by atomic mass is 9.95. The fourth-order valence-electron chi connectivity index (χ4n) is 2.84. The summed E-state index contributed by atoms with van der Waals surface area (Å²) in [4.78, 5) is 69.3. The Labute approximate surface area is 187 Å². The van der Waals surface area contributed by atoms with E-state index in [0.717, 1.165) is 20.8 Å². The van der Waals surface area contributed by atoms with Gasteiger partial charge in [-0.05, 0) is 0 Å². The first-order valence-corrected chi connectivity index (χ1v) is 10.4. The van der Waals surface area contributed by atoms with Gasteiger partial charge in [-0.15, -0.1) is 0 Å². The molecule has 14 heteroatoms. The molecule has 0 radical (unpaired) electrons. The second-order valence-electron chi connectivity index (χ2n) is 6.70. The van der Waals surface area contributed by atoms with E-state index in [9.17, 15) is 28.8 Å². The summed E-state index contributed by atoms with van der Waals surface area (Å²) in [6.07, 6.45) is -5.30. The van der Waals surface area contributed by atoms with E-state index < -0.39 is 72.2 Å². The first kappa shape index (κ1) is 27.2. The predicted molar refractivity (Wildman–Crippen MR) is 107 cm³/mol. The number of carboxylic acids is 1. The summed E-state index contributed by atoms with van der Waals surface area (Å²) in [5.41, 5.74) is 0. The van der Waals surface area contributed by atoms with Crippen molar-refractivity contribution >= 4 is 46.8 Å². The summed E-state index contributed by atoms with van der Waals surface area (Å²) < 4.78 is 21.2. The van der Waals surface area contributed by atoms with E-state index >= 15 is 0 Å². The maximum Gasteiger partial charge on any atom is 0.304 e. The van der Waals surface area contributed by atoms with Crippen molar-refractivity contribution in [1.29, 1.82) is 0 Å². The largest absolute Gasteiger partial charge is 0.481 e. The minimum absolute atomic E-state index is 0.0288. The van der Waals surface area contributed by atoms with Crippen molar-refractivity contribution in [1.82, 2.24) is 10.6 Å². The topological polar surface area (TPSA) is 184 Å². The molecule has 5 unspecified atom stereocenters. The predicted octanol–water partition coefficient (Wildman–Crippen LogP) is -0.440. The van der Waals surface area contributed by atoms with Crippen molar-refractivity contribution in [2.45, 2.75) is 64.7 Å². The summed E-state index contributed by atoms with van der Waals surface area (Å²) in [5, 5.41) is 13.0. The summed E-state index contributed by atoms with van der Waals surface area (Å²) in [7, 11) is 0. The van der Waals surface area contributed by atoms with Crippen LogP contribution in [0.25, 0.3) is 0 Å². The van der Waals surface area contributed by atoms with Crippen LogP contribution in [0, 0.1) is 0 Å². The standard InChI is InChI=1S/C18H26N2O11S/c1-8(21)19-14-16(30-11(4)24)15(29-10(3)23)12(7-28-9(2)22)31-17(14)20-18(27)32-6-5-13(25)26/h12,14-17H,5-7H2,1-4H3,(H,19,21)(H,20,27)(H,25,26). The fraction of sp³-hybridized carbons (Fsp3) is 0.667. The smallest absolute Gasteiger partial charge is 0.304 e. The van der Waals surface area contributed by atoms with Gasteiger partial charge in [0.1, 0.15) is 18.8 Å². The average molecular weight is 478 g/mol. The van der Waals surface area contributed by atoms with E-state index in [0.29, 0.717) is 11.8 Å². The third-order valence-corrected chi connectivity index (χ3v) is 4.71. The van der Waals surface area contributed by atoms with Crippen LogP contribution in [0.4, 0.5) is 4.79 Å². The number of nitrogens with one attached hydrogen (secondary N) is 2. The van der Waals surface area contributed by atoms with Gasteiger partial charge in [0.15, 0.2) is 18.4 Å². The van der Waals surface area contributed by atoms with E-state index in [4.69, 9.17) is 24.1 Å². The van der Waals surface area contributed by atoms with Crippen LogP contribution in [0.2, 0.25) is 0 Å². The molecule has 0 bridgehead atoms. The number of thioether (sulfide) groups is 1. The van der Waals surface area contributed by atoms with Crippen LogP contribution in [-0.2, 0) is 42.9 Å². The highest BCUT2D eigenvalue weighted by molar-refractivity contribution is 8.13. The molecule has 0 aromatic heterocycles. The Balaban J connectivity index is 3.21. The number of carbonyl (C=O) groups is 6. The maximum absolute atomic E-state index is 12.3. The van der Waals surface area contributed by atoms with Gasteiger partial charge in [0.25, 0.3) is 5.24 Å². The van der Waals surface area contributed by atoms with Gasteiger partial charge in [-0.25, -0.2) is 0 Å². The van der Waals surface area contributed by atoms with Crippen LogP contribution >= 0.6 is 11.8 Å². The van der Waals surface area contributed by atoms with Gasteiger partial charge in [-0.2, -0.15) is 0 Å². The second-order valence-corrected chi connectivity index (χ2v) is 7.76. The Morgan fingerprint density at radius 1 is 0.906 bits per heavy atom. The van der Waals surface area contributed by atoms with E-state index in [1.54, 1.807) is 0 Å². The zero-order valence-corrected chi connectivity index (χ0v) is 18.8. The number of ether oxygens (including phenoxy) is 4. The number of amides is 2. The van der Waals surface area contributed by atoms with Crippen LogP contribution in [0.5, 0.6) is 0 Å². The summed E-state index contributed by atoms with van der Waals surface area (Å²) in [6, 6.07) is -1.18. The molecule has 32 heavy (non-hydrogen) atoms. The lowest BCUT2D eigenvalue weighted by molar-refractivity contribution is -0.226. The van der Waals surface area contributed by atoms with Crippen LogP contribution < -0.4 is 10.6 Å². The molecule has 0 saturated carbocycles. The quantitative estimate of drug-likeness (QED) is 0.287. The molecule has 1 fully saturated rings. The maximum atomic E-state index is 12.3. The number of esters is 3. The first-order valence-electron chi connectivity index (χ1n) is 9.46. The third-order valence-electron chi connectivity index (χ3n) is 3.93. The zero-order chi connectivity index (χ0) is 24.4. The Kier molecular flexibility index (Phi) is 10.9. The van der Waals surface area contributed by atoms with Gasteiger partial charge in [-0.1, -0.05) is 11.8 Å². The molecule has 180 valence electrons. The van der Waals surface area contributed by atoms with Gasteiger partial charge in [0, 0.05) is 33.4 Å². The molecular formula is C18H26N2O11S. The first-order chi connectivity index (χ1) is 14.9. The van der Waals surface area contributed by atoms with Crippen molar-refractivity contribution in [3.05, 3.63) is 0 Å². The van der Waals surface area contributed by atoms with Gasteiger partial charge in [-0.3, -0.25) is 28.8 Å². The Hall–Kier alpha value is -2.87. The molecular weight excluding hydrogens is 452 g/mol. The summed E-state index contributed by atoms with van der Waals surface area (Å²) in [5.74, 6) is -3.86. The van der Waals surface area contributed by atoms with Gasteiger partial charge in [0.2, 0.25) is 5.91 Å². The highest BCUT2D eigenvalue weighted by Crippen LogP contribution is 2.27. The van der Waals surface area contributed by atoms with Crippen LogP contribution in [0.3, 0.4) is 0 Å². The highest BCUT2D eigenvalue weighted by atomic mass is 32.2. The second kappa shape index (κ2) is 12.9. The van der Waals surface area contributed by atoms with E-state index in [1.807, 2.05) is 0 Å². The molecule has 3 N–H and O–H groups in total. The molecule has 0 aliphatic carbocycles. The molecule has 0 aromatic carbocycles. The Morgan fingerprint density at radius 2 is 1.50 bits per heavy atom. The SMILES string of the molecule is CC(=O)NC1C(NC(=O)SCCC(=O)O)OC(COC(C)=O)C(OC(C)=O)C1OC(C)=O. The number of carbonyl (C=O) groups excluding carboxylic acids is 5. The summed E-state index contributed by atoms with van der Waals surface area (Å²) in [6.45, 7) is 4.12. The lowest BCUT2D eigenvalue weighted by Crippen LogP contribution is -2.69. The number of hydrogen-bond donors (Lipinski definition) is 3. The third kappa shape index (κ3) is 9.51. The molecule has 5 atom stereocenters. The molecule has 13 nitrogen and oxygen atoms in total. The van der Waals surface area contributed by atoms with Crippen molar-refractivity contribution in [3.63, 3.8) is 0 Å². The lowest BCUT2D eigenvalue weighted by Gasteiger charge is -2.45. The van der Waals surface area contributed by atoms with Crippen LogP contribution in [0.15, 0.2) is 0 Å². The van der Waals surface area contributed by atoms with Crippen molar-refractivity contribution in [2.24, 2.45) is 0 Å². The minimum Gasteiger partial charge on any atom is -0.481 e. The molecule has 1 rings (SSSR count). The van der Waals surface area contributed by atoms with Crippen LogP contribution in [-0.4, -0.2) is 83.1 Å². The summed E-state index contributed by atoms with van der Waals surface area (Å²) >= 11 is 0.663. The highest BCUT2D eigenvalue weighted by Gasteiger charge is 2.51. The van der Waals surface area contributed by atoms with Crippen LogP contribution in [0.1, 0.15) is 34.1 Å². The monoisotopic (exact) mass is 478 g/mol. The van der Waals surface area contributed by atoms with E-state index in [-0.39, 0.29) is 12.2 Å². The van der Waals surface area contributed by atoms with Gasteiger partial charge < -0.3 is 34.7 Å². The Morgan fingerprint density at radius 3 is 2.00 bits per heavy atom. The number of carboxylic acid groups (broad SMARTS) is 1. The minimum atomic E-state index is -1.30. The molecule has 2 amide bonds. The normalized spacial score (nSPS) is 24.6. The molecule has 0 spiro atoms. The number of hydrogen-bond acceptors (Lipinski definition) is 11. The fourth-order valence-corrected chi connectivity index (χ4v) is 3.51. The Bertz CT molecular complexity index is 744. The van der Waals surface area contributed by atoms with Crippen molar-refractivity contribution in [2.75, 3.05) is 12.4 Å². The van der Waals surface area contributed by atoms with E-state index in [2.05, 4.69) is 10.6 Å². The molecule has 1 aliphatic rings. The molecule has 1 aliphatic heterocycles. The van der Waals surface area contributed by atoms with Gasteiger partial charge >= 0.3 is 23.9 Å². The van der Waals surface area contributed by atoms with Crippen molar-refractivity contribution < 1.29 is 52.8 Å². The number of aliphatic carboxylic acids is 1. The molecule has 1 heterocycles. The molecule has 1 saturated heterocycles.